The lowest BCUT2D eigenvalue weighted by molar-refractivity contribution is -0.0591. The first kappa shape index (κ1) is 12.3. The Labute approximate surface area is 106 Å². The van der Waals surface area contributed by atoms with Gasteiger partial charge in [0, 0.05) is 12.2 Å². The van der Waals surface area contributed by atoms with Gasteiger partial charge in [0.15, 0.2) is 4.77 Å². The van der Waals surface area contributed by atoms with Crippen LogP contribution in [0.1, 0.15) is 38.2 Å². The summed E-state index contributed by atoms with van der Waals surface area (Å²) in [5.41, 5.74) is 12.6. The first-order chi connectivity index (χ1) is 7.89. The molecule has 6 heteroatoms. The highest BCUT2D eigenvalue weighted by molar-refractivity contribution is 7.71. The van der Waals surface area contributed by atoms with Gasteiger partial charge in [0.1, 0.15) is 11.6 Å². The Balaban J connectivity index is 2.37. The van der Waals surface area contributed by atoms with Crippen molar-refractivity contribution in [2.24, 2.45) is 0 Å². The van der Waals surface area contributed by atoms with Crippen LogP contribution < -0.4 is 11.5 Å². The van der Waals surface area contributed by atoms with Gasteiger partial charge in [0.25, 0.3) is 0 Å². The Hall–Kier alpha value is -1.14. The maximum Gasteiger partial charge on any atom is 0.200 e. The van der Waals surface area contributed by atoms with Crippen LogP contribution in [0.25, 0.3) is 0 Å². The second-order valence-corrected chi connectivity index (χ2v) is 5.44. The summed E-state index contributed by atoms with van der Waals surface area (Å²) in [6.07, 6.45) is 1.79. The fourth-order valence-corrected chi connectivity index (χ4v) is 2.63. The molecule has 1 aliphatic rings. The van der Waals surface area contributed by atoms with Crippen molar-refractivity contribution in [1.82, 2.24) is 9.97 Å². The molecule has 17 heavy (non-hydrogen) atoms. The molecule has 0 radical (unpaired) electrons. The molecular formula is C11H18N4OS. The number of H-pyrrole nitrogens is 1. The van der Waals surface area contributed by atoms with E-state index in [-0.39, 0.29) is 11.5 Å². The molecule has 94 valence electrons. The highest BCUT2D eigenvalue weighted by atomic mass is 32.1. The second kappa shape index (κ2) is 4.27. The minimum absolute atomic E-state index is 0.144. The highest BCUT2D eigenvalue weighted by Crippen LogP contribution is 2.39. The number of nitrogens with one attached hydrogen (secondary N) is 1. The average Bonchev–Trinajstić information content (AvgIpc) is 2.13. The van der Waals surface area contributed by atoms with E-state index in [1.54, 1.807) is 0 Å². The zero-order chi connectivity index (χ0) is 12.6. The second-order valence-electron chi connectivity index (χ2n) is 5.05. The molecule has 0 amide bonds. The highest BCUT2D eigenvalue weighted by Gasteiger charge is 2.32. The van der Waals surface area contributed by atoms with Gasteiger partial charge >= 0.3 is 0 Å². The van der Waals surface area contributed by atoms with Crippen molar-refractivity contribution >= 4 is 23.9 Å². The molecule has 1 aromatic rings. The maximum absolute atomic E-state index is 5.96. The van der Waals surface area contributed by atoms with E-state index in [0.29, 0.717) is 23.0 Å². The molecule has 2 rings (SSSR count). The van der Waals surface area contributed by atoms with Gasteiger partial charge in [-0.3, -0.25) is 0 Å². The number of aromatic nitrogens is 2. The molecule has 0 spiro atoms. The van der Waals surface area contributed by atoms with Crippen LogP contribution in [0, 0.1) is 4.77 Å². The number of rotatable bonds is 1. The Morgan fingerprint density at radius 3 is 2.76 bits per heavy atom. The van der Waals surface area contributed by atoms with Crippen molar-refractivity contribution in [3.63, 3.8) is 0 Å². The van der Waals surface area contributed by atoms with Crippen LogP contribution in [0.5, 0.6) is 0 Å². The first-order valence-electron chi connectivity index (χ1n) is 5.68. The summed E-state index contributed by atoms with van der Waals surface area (Å²) >= 11 is 4.94. The van der Waals surface area contributed by atoms with Gasteiger partial charge in [-0.2, -0.15) is 0 Å². The van der Waals surface area contributed by atoms with Crippen molar-refractivity contribution in [3.05, 3.63) is 10.3 Å². The van der Waals surface area contributed by atoms with Crippen LogP contribution >= 0.6 is 12.2 Å². The molecule has 1 aliphatic heterocycles. The van der Waals surface area contributed by atoms with E-state index in [1.807, 2.05) is 0 Å². The lowest BCUT2D eigenvalue weighted by Crippen LogP contribution is -2.33. The van der Waals surface area contributed by atoms with Crippen molar-refractivity contribution in [3.8, 4) is 0 Å². The molecule has 0 saturated carbocycles. The summed E-state index contributed by atoms with van der Waals surface area (Å²) in [6, 6.07) is 0. The van der Waals surface area contributed by atoms with Crippen molar-refractivity contribution in [1.29, 1.82) is 0 Å². The van der Waals surface area contributed by atoms with Gasteiger partial charge in [-0.25, -0.2) is 4.98 Å². The van der Waals surface area contributed by atoms with Gasteiger partial charge < -0.3 is 21.2 Å². The molecule has 1 fully saturated rings. The SMILES string of the molecule is CC1(C)CC(c2c(N)nc(=S)[nH]c2N)CCO1. The monoisotopic (exact) mass is 254 g/mol. The Kier molecular flexibility index (Phi) is 3.09. The molecule has 2 heterocycles. The third-order valence-electron chi connectivity index (χ3n) is 3.14. The lowest BCUT2D eigenvalue weighted by atomic mass is 9.84. The summed E-state index contributed by atoms with van der Waals surface area (Å²) in [4.78, 5) is 6.94. The van der Waals surface area contributed by atoms with Gasteiger partial charge in [-0.15, -0.1) is 0 Å². The minimum atomic E-state index is -0.144. The van der Waals surface area contributed by atoms with Crippen LogP contribution in [-0.4, -0.2) is 22.2 Å². The van der Waals surface area contributed by atoms with Crippen molar-refractivity contribution in [2.75, 3.05) is 18.1 Å². The molecule has 0 aromatic carbocycles. The predicted octanol–water partition coefficient (Wildman–Crippen LogP) is 1.98. The van der Waals surface area contributed by atoms with E-state index in [9.17, 15) is 0 Å². The largest absolute Gasteiger partial charge is 0.385 e. The number of hydrogen-bond acceptors (Lipinski definition) is 5. The summed E-state index contributed by atoms with van der Waals surface area (Å²) in [6.45, 7) is 4.86. The number of nitrogens with zero attached hydrogens (tertiary/aromatic N) is 1. The standard InChI is InChI=1S/C11H18N4OS/c1-11(2)5-6(3-4-16-11)7-8(12)14-10(17)15-9(7)13/h6H,3-5H2,1-2H3,(H5,12,13,14,15,17). The van der Waals surface area contributed by atoms with Crippen LogP contribution in [0.3, 0.4) is 0 Å². The summed E-state index contributed by atoms with van der Waals surface area (Å²) in [7, 11) is 0. The maximum atomic E-state index is 5.96. The van der Waals surface area contributed by atoms with Crippen LogP contribution in [-0.2, 0) is 4.74 Å². The number of nitrogen functional groups attached to an aromatic ring is 2. The summed E-state index contributed by atoms with van der Waals surface area (Å²) < 4.78 is 6.02. The van der Waals surface area contributed by atoms with Gasteiger partial charge in [0.2, 0.25) is 0 Å². The normalized spacial score (nSPS) is 23.5. The molecule has 5 N–H and O–H groups in total. The third kappa shape index (κ3) is 2.58. The van der Waals surface area contributed by atoms with E-state index in [2.05, 4.69) is 23.8 Å². The Bertz CT molecular complexity index is 457. The molecule has 1 aromatic heterocycles. The predicted molar refractivity (Wildman–Crippen MR) is 70.3 cm³/mol. The van der Waals surface area contributed by atoms with E-state index in [0.717, 1.165) is 18.4 Å². The number of nitrogens with two attached hydrogens (primary N) is 2. The van der Waals surface area contributed by atoms with Crippen LogP contribution in [0.4, 0.5) is 11.6 Å². The summed E-state index contributed by atoms with van der Waals surface area (Å²) in [5, 5.41) is 0. The fourth-order valence-electron chi connectivity index (χ4n) is 2.43. The van der Waals surface area contributed by atoms with Crippen LogP contribution in [0.2, 0.25) is 0 Å². The van der Waals surface area contributed by atoms with Gasteiger partial charge in [-0.05, 0) is 44.8 Å². The number of aromatic amines is 1. The Morgan fingerprint density at radius 2 is 2.18 bits per heavy atom. The molecular weight excluding hydrogens is 236 g/mol. The van der Waals surface area contributed by atoms with Gasteiger partial charge in [0.05, 0.1) is 5.60 Å². The van der Waals surface area contributed by atoms with Crippen LogP contribution in [0.15, 0.2) is 0 Å². The van der Waals surface area contributed by atoms with E-state index in [4.69, 9.17) is 28.4 Å². The van der Waals surface area contributed by atoms with E-state index < -0.39 is 0 Å². The molecule has 0 aliphatic carbocycles. The number of anilines is 2. The minimum Gasteiger partial charge on any atom is -0.385 e. The Morgan fingerprint density at radius 1 is 1.47 bits per heavy atom. The first-order valence-corrected chi connectivity index (χ1v) is 6.09. The van der Waals surface area contributed by atoms with Crippen molar-refractivity contribution in [2.45, 2.75) is 38.2 Å². The molecule has 1 saturated heterocycles. The third-order valence-corrected chi connectivity index (χ3v) is 3.33. The lowest BCUT2D eigenvalue weighted by Gasteiger charge is -2.36. The molecule has 1 unspecified atom stereocenters. The zero-order valence-electron chi connectivity index (χ0n) is 10.1. The van der Waals surface area contributed by atoms with Crippen molar-refractivity contribution < 1.29 is 4.74 Å². The molecule has 1 atom stereocenters. The zero-order valence-corrected chi connectivity index (χ0v) is 10.9. The number of hydrogen-bond donors (Lipinski definition) is 3. The smallest absolute Gasteiger partial charge is 0.200 e. The van der Waals surface area contributed by atoms with Gasteiger partial charge in [-0.1, -0.05) is 0 Å². The fraction of sp³-hybridized carbons (Fsp3) is 0.636. The quantitative estimate of drug-likeness (QED) is 0.667. The number of ether oxygens (including phenoxy) is 1. The topological polar surface area (TPSA) is 90.0 Å². The molecule has 5 nitrogen and oxygen atoms in total. The summed E-state index contributed by atoms with van der Waals surface area (Å²) in [5.74, 6) is 1.25. The molecule has 0 bridgehead atoms. The van der Waals surface area contributed by atoms with E-state index in [1.165, 1.54) is 0 Å². The average molecular weight is 254 g/mol. The van der Waals surface area contributed by atoms with E-state index >= 15 is 0 Å².